The zero-order valence-electron chi connectivity index (χ0n) is 10.6. The number of anilines is 3. The number of nitrogens with one attached hydrogen (secondary N) is 1. The van der Waals surface area contributed by atoms with Gasteiger partial charge in [0.15, 0.2) is 5.82 Å². The highest BCUT2D eigenvalue weighted by molar-refractivity contribution is 5.73. The number of nitrogens with zero attached hydrogens (tertiary/aromatic N) is 1. The molecule has 0 fully saturated rings. The first kappa shape index (κ1) is 12.2. The van der Waals surface area contributed by atoms with Crippen LogP contribution in [0.25, 0.3) is 0 Å². The minimum Gasteiger partial charge on any atom is -0.492 e. The fourth-order valence-corrected chi connectivity index (χ4v) is 1.65. The van der Waals surface area contributed by atoms with Gasteiger partial charge in [0.1, 0.15) is 5.75 Å². The molecular formula is C14H17N3O. The molecule has 0 aliphatic rings. The SMILES string of the molecule is CCOc1ccccc1Nc1nccc(C)c1N. The van der Waals surface area contributed by atoms with Gasteiger partial charge in [0.25, 0.3) is 0 Å². The Morgan fingerprint density at radius 2 is 2.06 bits per heavy atom. The van der Waals surface area contributed by atoms with E-state index in [9.17, 15) is 0 Å². The minimum absolute atomic E-state index is 0.620. The molecule has 2 aromatic rings. The molecule has 0 saturated carbocycles. The average molecular weight is 243 g/mol. The second kappa shape index (κ2) is 5.40. The van der Waals surface area contributed by atoms with Crippen LogP contribution in [-0.2, 0) is 0 Å². The van der Waals surface area contributed by atoms with Crippen LogP contribution in [0.1, 0.15) is 12.5 Å². The Morgan fingerprint density at radius 1 is 1.28 bits per heavy atom. The number of para-hydroxylation sites is 2. The van der Waals surface area contributed by atoms with Gasteiger partial charge in [-0.15, -0.1) is 0 Å². The van der Waals surface area contributed by atoms with Crippen LogP contribution in [0.15, 0.2) is 36.5 Å². The van der Waals surface area contributed by atoms with E-state index < -0.39 is 0 Å². The van der Waals surface area contributed by atoms with E-state index in [0.717, 1.165) is 17.0 Å². The zero-order valence-corrected chi connectivity index (χ0v) is 10.6. The Bertz CT molecular complexity index is 540. The van der Waals surface area contributed by atoms with Crippen LogP contribution in [0.4, 0.5) is 17.2 Å². The topological polar surface area (TPSA) is 60.2 Å². The maximum absolute atomic E-state index is 5.99. The lowest BCUT2D eigenvalue weighted by Crippen LogP contribution is -2.02. The van der Waals surface area contributed by atoms with Crippen molar-refractivity contribution in [3.05, 3.63) is 42.1 Å². The predicted octanol–water partition coefficient (Wildman–Crippen LogP) is 3.11. The van der Waals surface area contributed by atoms with E-state index in [2.05, 4.69) is 10.3 Å². The number of aromatic nitrogens is 1. The molecule has 3 N–H and O–H groups in total. The highest BCUT2D eigenvalue weighted by Crippen LogP contribution is 2.29. The predicted molar refractivity (Wildman–Crippen MR) is 74.3 cm³/mol. The van der Waals surface area contributed by atoms with Gasteiger partial charge in [0, 0.05) is 6.20 Å². The molecule has 0 aliphatic carbocycles. The summed E-state index contributed by atoms with van der Waals surface area (Å²) in [6.07, 6.45) is 1.73. The van der Waals surface area contributed by atoms with E-state index >= 15 is 0 Å². The Hall–Kier alpha value is -2.23. The maximum Gasteiger partial charge on any atom is 0.153 e. The third-order valence-corrected chi connectivity index (χ3v) is 2.65. The Balaban J connectivity index is 2.31. The van der Waals surface area contributed by atoms with Gasteiger partial charge in [-0.2, -0.15) is 0 Å². The number of hydrogen-bond donors (Lipinski definition) is 2. The lowest BCUT2D eigenvalue weighted by Gasteiger charge is -2.13. The van der Waals surface area contributed by atoms with Crippen molar-refractivity contribution in [3.8, 4) is 5.75 Å². The largest absolute Gasteiger partial charge is 0.492 e. The monoisotopic (exact) mass is 243 g/mol. The van der Waals surface area contributed by atoms with Crippen molar-refractivity contribution in [3.63, 3.8) is 0 Å². The maximum atomic E-state index is 5.99. The molecule has 0 amide bonds. The first-order valence-corrected chi connectivity index (χ1v) is 5.92. The van der Waals surface area contributed by atoms with E-state index in [0.29, 0.717) is 18.1 Å². The van der Waals surface area contributed by atoms with Crippen molar-refractivity contribution in [2.24, 2.45) is 0 Å². The number of aryl methyl sites for hydroxylation is 1. The van der Waals surface area contributed by atoms with Crippen LogP contribution in [0.5, 0.6) is 5.75 Å². The van der Waals surface area contributed by atoms with E-state index in [4.69, 9.17) is 10.5 Å². The summed E-state index contributed by atoms with van der Waals surface area (Å²) in [5, 5.41) is 3.21. The van der Waals surface area contributed by atoms with Crippen molar-refractivity contribution >= 4 is 17.2 Å². The zero-order chi connectivity index (χ0) is 13.0. The molecule has 4 nitrogen and oxygen atoms in total. The van der Waals surface area contributed by atoms with Gasteiger partial charge in [-0.1, -0.05) is 12.1 Å². The third kappa shape index (κ3) is 2.53. The summed E-state index contributed by atoms with van der Waals surface area (Å²) in [4.78, 5) is 4.24. The Labute approximate surface area is 107 Å². The molecule has 0 radical (unpaired) electrons. The van der Waals surface area contributed by atoms with E-state index in [1.165, 1.54) is 0 Å². The van der Waals surface area contributed by atoms with Gasteiger partial charge in [-0.05, 0) is 37.6 Å². The van der Waals surface area contributed by atoms with E-state index in [-0.39, 0.29) is 0 Å². The summed E-state index contributed by atoms with van der Waals surface area (Å²) in [6.45, 7) is 4.53. The van der Waals surface area contributed by atoms with Crippen molar-refractivity contribution in [1.29, 1.82) is 0 Å². The first-order valence-electron chi connectivity index (χ1n) is 5.92. The first-order chi connectivity index (χ1) is 8.72. The molecule has 18 heavy (non-hydrogen) atoms. The number of nitrogen functional groups attached to an aromatic ring is 1. The van der Waals surface area contributed by atoms with Crippen molar-refractivity contribution in [2.45, 2.75) is 13.8 Å². The van der Waals surface area contributed by atoms with E-state index in [1.54, 1.807) is 6.20 Å². The van der Waals surface area contributed by atoms with Crippen LogP contribution in [-0.4, -0.2) is 11.6 Å². The van der Waals surface area contributed by atoms with Gasteiger partial charge < -0.3 is 15.8 Å². The van der Waals surface area contributed by atoms with Crippen LogP contribution in [0, 0.1) is 6.92 Å². The lowest BCUT2D eigenvalue weighted by molar-refractivity contribution is 0.342. The molecule has 1 aromatic heterocycles. The van der Waals surface area contributed by atoms with Gasteiger partial charge in [0.2, 0.25) is 0 Å². The lowest BCUT2D eigenvalue weighted by atomic mass is 10.2. The number of ether oxygens (including phenoxy) is 1. The molecular weight excluding hydrogens is 226 g/mol. The van der Waals surface area contributed by atoms with Gasteiger partial charge >= 0.3 is 0 Å². The molecule has 0 unspecified atom stereocenters. The molecule has 2 rings (SSSR count). The molecule has 0 bridgehead atoms. The van der Waals surface area contributed by atoms with Crippen molar-refractivity contribution in [1.82, 2.24) is 4.98 Å². The minimum atomic E-state index is 0.620. The average Bonchev–Trinajstić information content (AvgIpc) is 2.37. The van der Waals surface area contributed by atoms with Gasteiger partial charge in [-0.3, -0.25) is 0 Å². The van der Waals surface area contributed by atoms with Crippen molar-refractivity contribution in [2.75, 3.05) is 17.7 Å². The fourth-order valence-electron chi connectivity index (χ4n) is 1.65. The third-order valence-electron chi connectivity index (χ3n) is 2.65. The summed E-state index contributed by atoms with van der Waals surface area (Å²) in [6, 6.07) is 9.61. The number of nitrogens with two attached hydrogens (primary N) is 1. The number of pyridine rings is 1. The summed E-state index contributed by atoms with van der Waals surface area (Å²) in [5.74, 6) is 1.45. The summed E-state index contributed by atoms with van der Waals surface area (Å²) >= 11 is 0. The van der Waals surface area contributed by atoms with Crippen molar-refractivity contribution < 1.29 is 4.74 Å². The molecule has 0 spiro atoms. The van der Waals surface area contributed by atoms with Gasteiger partial charge in [-0.25, -0.2) is 4.98 Å². The number of benzene rings is 1. The second-order valence-corrected chi connectivity index (χ2v) is 3.94. The van der Waals surface area contributed by atoms with E-state index in [1.807, 2.05) is 44.2 Å². The Kier molecular flexibility index (Phi) is 3.67. The highest BCUT2D eigenvalue weighted by atomic mass is 16.5. The van der Waals surface area contributed by atoms with Crippen LogP contribution < -0.4 is 15.8 Å². The second-order valence-electron chi connectivity index (χ2n) is 3.94. The smallest absolute Gasteiger partial charge is 0.153 e. The quantitative estimate of drug-likeness (QED) is 0.866. The summed E-state index contributed by atoms with van der Waals surface area (Å²) in [7, 11) is 0. The fraction of sp³-hybridized carbons (Fsp3) is 0.214. The molecule has 1 heterocycles. The van der Waals surface area contributed by atoms with Crippen LogP contribution in [0.3, 0.4) is 0 Å². The summed E-state index contributed by atoms with van der Waals surface area (Å²) < 4.78 is 5.55. The highest BCUT2D eigenvalue weighted by Gasteiger charge is 2.07. The summed E-state index contributed by atoms with van der Waals surface area (Å²) in [5.41, 5.74) is 8.51. The molecule has 0 aliphatic heterocycles. The Morgan fingerprint density at radius 3 is 2.83 bits per heavy atom. The molecule has 94 valence electrons. The molecule has 0 atom stereocenters. The van der Waals surface area contributed by atoms with Crippen LogP contribution >= 0.6 is 0 Å². The standard InChI is InChI=1S/C14H17N3O/c1-3-18-12-7-5-4-6-11(12)17-14-13(15)10(2)8-9-16-14/h4-9H,3,15H2,1-2H3,(H,16,17). The normalized spacial score (nSPS) is 10.1. The number of rotatable bonds is 4. The van der Waals surface area contributed by atoms with Gasteiger partial charge in [0.05, 0.1) is 18.0 Å². The number of hydrogen-bond acceptors (Lipinski definition) is 4. The molecule has 1 aromatic carbocycles. The molecule has 4 heteroatoms. The molecule has 0 saturated heterocycles. The van der Waals surface area contributed by atoms with Crippen LogP contribution in [0.2, 0.25) is 0 Å².